The van der Waals surface area contributed by atoms with E-state index in [0.717, 1.165) is 11.4 Å². The largest absolute Gasteiger partial charge is 0.484 e. The highest BCUT2D eigenvalue weighted by Crippen LogP contribution is 2.15. The molecule has 0 bridgehead atoms. The van der Waals surface area contributed by atoms with Crippen LogP contribution in [0.4, 0.5) is 0 Å². The van der Waals surface area contributed by atoms with Gasteiger partial charge in [-0.2, -0.15) is 0 Å². The van der Waals surface area contributed by atoms with Crippen molar-refractivity contribution in [2.75, 3.05) is 20.2 Å². The number of quaternary nitrogens is 1. The lowest BCUT2D eigenvalue weighted by molar-refractivity contribution is -0.885. The van der Waals surface area contributed by atoms with Gasteiger partial charge in [-0.25, -0.2) is 0 Å². The van der Waals surface area contributed by atoms with Crippen LogP contribution in [-0.2, 0) is 16.1 Å². The van der Waals surface area contributed by atoms with Crippen molar-refractivity contribution in [3.63, 3.8) is 0 Å². The van der Waals surface area contributed by atoms with Crippen molar-refractivity contribution in [3.05, 3.63) is 51.2 Å². The van der Waals surface area contributed by atoms with Crippen molar-refractivity contribution in [1.82, 2.24) is 10.9 Å². The summed E-state index contributed by atoms with van der Waals surface area (Å²) in [5, 5.41) is 2.63. The second-order valence-corrected chi connectivity index (χ2v) is 7.11. The Kier molecular flexibility index (Phi) is 7.24. The number of hydrazine groups is 1. The number of thiophene rings is 1. The Morgan fingerprint density at radius 1 is 1.16 bits per heavy atom. The highest BCUT2D eigenvalue weighted by atomic mass is 35.5. The first-order valence-corrected chi connectivity index (χ1v) is 9.00. The molecule has 8 heteroatoms. The maximum Gasteiger partial charge on any atom is 0.293 e. The number of aryl methyl sites for hydroxylation is 1. The molecule has 0 spiro atoms. The summed E-state index contributed by atoms with van der Waals surface area (Å²) in [6.07, 6.45) is 0. The highest BCUT2D eigenvalue weighted by molar-refractivity contribution is 7.10. The zero-order valence-corrected chi connectivity index (χ0v) is 15.7. The Balaban J connectivity index is 1.65. The minimum absolute atomic E-state index is 0.195. The van der Waals surface area contributed by atoms with Crippen LogP contribution in [0, 0.1) is 6.92 Å². The van der Waals surface area contributed by atoms with E-state index in [0.29, 0.717) is 10.8 Å². The van der Waals surface area contributed by atoms with Crippen molar-refractivity contribution < 1.29 is 19.2 Å². The predicted molar refractivity (Wildman–Crippen MR) is 97.7 cm³/mol. The first kappa shape index (κ1) is 19.2. The molecule has 0 aliphatic rings. The molecule has 0 fully saturated rings. The number of hydrogen-bond donors (Lipinski definition) is 3. The number of amides is 2. The van der Waals surface area contributed by atoms with Gasteiger partial charge in [0.15, 0.2) is 13.2 Å². The summed E-state index contributed by atoms with van der Waals surface area (Å²) in [6.45, 7) is 2.89. The molecule has 0 aliphatic heterocycles. The average molecular weight is 383 g/mol. The Morgan fingerprint density at radius 2 is 1.84 bits per heavy atom. The van der Waals surface area contributed by atoms with Gasteiger partial charge < -0.3 is 9.64 Å². The van der Waals surface area contributed by atoms with Crippen molar-refractivity contribution in [1.29, 1.82) is 0 Å². The van der Waals surface area contributed by atoms with Crippen molar-refractivity contribution >= 4 is 34.8 Å². The Morgan fingerprint density at radius 3 is 2.48 bits per heavy atom. The summed E-state index contributed by atoms with van der Waals surface area (Å²) in [5.41, 5.74) is 5.97. The first-order chi connectivity index (χ1) is 11.9. The molecule has 6 nitrogen and oxygen atoms in total. The third-order valence-electron chi connectivity index (χ3n) is 3.42. The van der Waals surface area contributed by atoms with Crippen LogP contribution in [0.2, 0.25) is 5.02 Å². The van der Waals surface area contributed by atoms with E-state index < -0.39 is 5.91 Å². The monoisotopic (exact) mass is 382 g/mol. The molecule has 2 amide bonds. The highest BCUT2D eigenvalue weighted by Gasteiger charge is 2.13. The van der Waals surface area contributed by atoms with Crippen LogP contribution in [0.5, 0.6) is 5.75 Å². The van der Waals surface area contributed by atoms with E-state index in [4.69, 9.17) is 16.3 Å². The van der Waals surface area contributed by atoms with E-state index in [1.807, 2.05) is 12.4 Å². The van der Waals surface area contributed by atoms with E-state index in [-0.39, 0.29) is 19.1 Å². The summed E-state index contributed by atoms with van der Waals surface area (Å²) in [4.78, 5) is 25.9. The van der Waals surface area contributed by atoms with Gasteiger partial charge in [0.1, 0.15) is 12.3 Å². The number of benzene rings is 1. The Labute approximate surface area is 155 Å². The SMILES string of the molecule is Cc1ccsc1C[NH+](C)CC(=O)NNC(=O)COc1ccc(Cl)cc1. The second-order valence-electron chi connectivity index (χ2n) is 5.68. The fourth-order valence-electron chi connectivity index (χ4n) is 2.10. The Bertz CT molecular complexity index is 718. The molecule has 0 radical (unpaired) electrons. The molecule has 1 heterocycles. The van der Waals surface area contributed by atoms with Crippen LogP contribution in [-0.4, -0.2) is 32.0 Å². The van der Waals surface area contributed by atoms with E-state index in [2.05, 4.69) is 23.8 Å². The molecular formula is C17H21ClN3O3S+. The number of likely N-dealkylation sites (N-methyl/N-ethyl adjacent to an activating group) is 1. The van der Waals surface area contributed by atoms with Crippen molar-refractivity contribution in [2.45, 2.75) is 13.5 Å². The predicted octanol–water partition coefficient (Wildman–Crippen LogP) is 0.951. The smallest absolute Gasteiger partial charge is 0.293 e. The molecule has 1 aromatic heterocycles. The third-order valence-corrected chi connectivity index (χ3v) is 4.69. The van der Waals surface area contributed by atoms with E-state index in [1.54, 1.807) is 35.6 Å². The lowest BCUT2D eigenvalue weighted by Gasteiger charge is -2.14. The van der Waals surface area contributed by atoms with Gasteiger partial charge in [0.25, 0.3) is 11.8 Å². The van der Waals surface area contributed by atoms with Crippen LogP contribution in [0.25, 0.3) is 0 Å². The summed E-state index contributed by atoms with van der Waals surface area (Å²) < 4.78 is 5.29. The van der Waals surface area contributed by atoms with E-state index in [9.17, 15) is 9.59 Å². The fourth-order valence-corrected chi connectivity index (χ4v) is 3.24. The van der Waals surface area contributed by atoms with Crippen molar-refractivity contribution in [2.24, 2.45) is 0 Å². The molecule has 0 aliphatic carbocycles. The zero-order chi connectivity index (χ0) is 18.2. The number of carbonyl (C=O) groups excluding carboxylic acids is 2. The van der Waals surface area contributed by atoms with Crippen LogP contribution < -0.4 is 20.5 Å². The molecule has 1 aromatic carbocycles. The number of carbonyl (C=O) groups is 2. The number of nitrogens with one attached hydrogen (secondary N) is 3. The summed E-state index contributed by atoms with van der Waals surface area (Å²) in [7, 11) is 1.93. The number of halogens is 1. The van der Waals surface area contributed by atoms with Crippen molar-refractivity contribution in [3.8, 4) is 5.75 Å². The van der Waals surface area contributed by atoms with Gasteiger partial charge >= 0.3 is 0 Å². The lowest BCUT2D eigenvalue weighted by Crippen LogP contribution is -3.09. The number of ether oxygens (including phenoxy) is 1. The third kappa shape index (κ3) is 6.74. The molecular weight excluding hydrogens is 362 g/mol. The molecule has 0 saturated heterocycles. The normalized spacial score (nSPS) is 11.6. The minimum atomic E-state index is -0.435. The molecule has 2 rings (SSSR count). The fraction of sp³-hybridized carbons (Fsp3) is 0.294. The van der Waals surface area contributed by atoms with Gasteiger partial charge in [-0.15, -0.1) is 11.3 Å². The molecule has 3 N–H and O–H groups in total. The number of hydrogen-bond acceptors (Lipinski definition) is 4. The maximum absolute atomic E-state index is 11.9. The van der Waals surface area contributed by atoms with E-state index in [1.165, 1.54) is 10.4 Å². The van der Waals surface area contributed by atoms with Crippen LogP contribution >= 0.6 is 22.9 Å². The van der Waals surface area contributed by atoms with E-state index >= 15 is 0 Å². The number of rotatable bonds is 7. The Hall–Kier alpha value is -2.09. The second kappa shape index (κ2) is 9.41. The summed E-state index contributed by atoms with van der Waals surface area (Å²) in [6, 6.07) is 8.74. The molecule has 134 valence electrons. The lowest BCUT2D eigenvalue weighted by atomic mass is 10.3. The zero-order valence-electron chi connectivity index (χ0n) is 14.1. The maximum atomic E-state index is 11.9. The molecule has 1 unspecified atom stereocenters. The van der Waals surface area contributed by atoms with Gasteiger partial charge in [-0.05, 0) is 48.2 Å². The molecule has 25 heavy (non-hydrogen) atoms. The van der Waals surface area contributed by atoms with Gasteiger partial charge in [0.2, 0.25) is 0 Å². The van der Waals surface area contributed by atoms with Gasteiger partial charge in [0.05, 0.1) is 11.9 Å². The first-order valence-electron chi connectivity index (χ1n) is 7.74. The topological polar surface area (TPSA) is 71.9 Å². The molecule has 0 saturated carbocycles. The molecule has 1 atom stereocenters. The summed E-state index contributed by atoms with van der Waals surface area (Å²) in [5.74, 6) is -0.164. The van der Waals surface area contributed by atoms with Gasteiger partial charge in [-0.3, -0.25) is 20.4 Å². The van der Waals surface area contributed by atoms with Crippen LogP contribution in [0.3, 0.4) is 0 Å². The van der Waals surface area contributed by atoms with Gasteiger partial charge in [0, 0.05) is 5.02 Å². The molecule has 2 aromatic rings. The van der Waals surface area contributed by atoms with Crippen LogP contribution in [0.1, 0.15) is 10.4 Å². The standard InChI is InChI=1S/C17H20ClN3O3S/c1-12-7-8-25-15(12)9-21(2)10-16(22)19-20-17(23)11-24-14-5-3-13(18)4-6-14/h3-8H,9-11H2,1-2H3,(H,19,22)(H,20,23)/p+1. The quantitative estimate of drug-likeness (QED) is 0.624. The summed E-state index contributed by atoms with van der Waals surface area (Å²) >= 11 is 7.45. The van der Waals surface area contributed by atoms with Crippen LogP contribution in [0.15, 0.2) is 35.7 Å². The average Bonchev–Trinajstić information content (AvgIpc) is 2.97. The minimum Gasteiger partial charge on any atom is -0.484 e. The van der Waals surface area contributed by atoms with Gasteiger partial charge in [-0.1, -0.05) is 11.6 Å².